The van der Waals surface area contributed by atoms with Gasteiger partial charge in [-0.3, -0.25) is 9.59 Å². The molecule has 11 nitrogen and oxygen atoms in total. The van der Waals surface area contributed by atoms with Crippen molar-refractivity contribution in [3.63, 3.8) is 0 Å². The van der Waals surface area contributed by atoms with Crippen LogP contribution in [0.5, 0.6) is 28.7 Å². The van der Waals surface area contributed by atoms with E-state index in [1.165, 1.54) is 6.07 Å². The maximum absolute atomic E-state index is 12.4. The highest BCUT2D eigenvalue weighted by molar-refractivity contribution is 5.88. The number of phenols is 3. The second kappa shape index (κ2) is 8.53. The highest BCUT2D eigenvalue weighted by atomic mass is 16.6. The summed E-state index contributed by atoms with van der Waals surface area (Å²) in [6, 6.07) is 5.48. The Morgan fingerprint density at radius 2 is 1.81 bits per heavy atom. The van der Waals surface area contributed by atoms with E-state index < -0.39 is 41.3 Å². The van der Waals surface area contributed by atoms with Crippen molar-refractivity contribution in [2.75, 3.05) is 13.2 Å². The molecule has 1 aromatic heterocycles. The summed E-state index contributed by atoms with van der Waals surface area (Å²) in [6.07, 6.45) is -1.07. The fourth-order valence-electron chi connectivity index (χ4n) is 2.70. The lowest BCUT2D eigenvalue weighted by molar-refractivity contribution is -0.141. The molecule has 0 saturated heterocycles. The summed E-state index contributed by atoms with van der Waals surface area (Å²) < 4.78 is 15.1. The number of amides is 1. The van der Waals surface area contributed by atoms with Gasteiger partial charge in [0.1, 0.15) is 29.0 Å². The molecule has 0 radical (unpaired) electrons. The lowest BCUT2D eigenvalue weighted by Crippen LogP contribution is -2.32. The van der Waals surface area contributed by atoms with Gasteiger partial charge in [0.2, 0.25) is 11.2 Å². The van der Waals surface area contributed by atoms with E-state index in [4.69, 9.17) is 9.15 Å². The molecule has 0 fully saturated rings. The minimum absolute atomic E-state index is 0.0327. The van der Waals surface area contributed by atoms with Gasteiger partial charge in [0, 0.05) is 17.7 Å². The van der Waals surface area contributed by atoms with Gasteiger partial charge in [0.25, 0.3) is 0 Å². The van der Waals surface area contributed by atoms with Crippen LogP contribution in [0.1, 0.15) is 6.92 Å². The zero-order chi connectivity index (χ0) is 22.7. The number of hydrogen-bond acceptors (Lipinski definition) is 10. The summed E-state index contributed by atoms with van der Waals surface area (Å²) in [4.78, 5) is 35.6. The van der Waals surface area contributed by atoms with Crippen LogP contribution in [-0.2, 0) is 9.53 Å². The average molecular weight is 431 g/mol. The van der Waals surface area contributed by atoms with Gasteiger partial charge in [-0.15, -0.1) is 0 Å². The second-order valence-corrected chi connectivity index (χ2v) is 6.18. The molecule has 0 unspecified atom stereocenters. The first-order chi connectivity index (χ1) is 14.7. The average Bonchev–Trinajstić information content (AvgIpc) is 2.70. The summed E-state index contributed by atoms with van der Waals surface area (Å²) in [5, 5.41) is 41.5. The van der Waals surface area contributed by atoms with Gasteiger partial charge >= 0.3 is 12.1 Å². The summed E-state index contributed by atoms with van der Waals surface area (Å²) in [5.41, 5.74) is -1.14. The Labute approximate surface area is 173 Å². The van der Waals surface area contributed by atoms with Gasteiger partial charge < -0.3 is 39.6 Å². The second-order valence-electron chi connectivity index (χ2n) is 6.18. The summed E-state index contributed by atoms with van der Waals surface area (Å²) in [6.45, 7) is 1.28. The number of ether oxygens (including phenoxy) is 2. The first-order valence-corrected chi connectivity index (χ1v) is 8.87. The molecule has 0 aliphatic rings. The summed E-state index contributed by atoms with van der Waals surface area (Å²) in [7, 11) is 0. The van der Waals surface area contributed by atoms with Crippen molar-refractivity contribution in [2.45, 2.75) is 6.92 Å². The van der Waals surface area contributed by atoms with Crippen LogP contribution in [0.15, 0.2) is 39.5 Å². The zero-order valence-electron chi connectivity index (χ0n) is 16.0. The fraction of sp³-hybridized carbons (Fsp3) is 0.150. The van der Waals surface area contributed by atoms with Crippen LogP contribution in [0, 0.1) is 0 Å². The molecular weight excluding hydrogens is 414 g/mol. The Bertz CT molecular complexity index is 1230. The predicted octanol–water partition coefficient (Wildman–Crippen LogP) is 1.93. The normalized spacial score (nSPS) is 10.6. The molecule has 0 aliphatic heterocycles. The lowest BCUT2D eigenvalue weighted by atomic mass is 10.1. The van der Waals surface area contributed by atoms with E-state index in [0.717, 1.165) is 24.3 Å². The largest absolute Gasteiger partial charge is 0.508 e. The number of esters is 1. The molecule has 0 atom stereocenters. The monoisotopic (exact) mass is 431 g/mol. The quantitative estimate of drug-likeness (QED) is 0.375. The molecule has 11 heteroatoms. The molecule has 3 aromatic rings. The van der Waals surface area contributed by atoms with E-state index in [0.29, 0.717) is 0 Å². The Balaban J connectivity index is 1.95. The van der Waals surface area contributed by atoms with Crippen molar-refractivity contribution >= 4 is 23.0 Å². The highest BCUT2D eigenvalue weighted by Crippen LogP contribution is 2.38. The Morgan fingerprint density at radius 1 is 1.06 bits per heavy atom. The van der Waals surface area contributed by atoms with E-state index >= 15 is 0 Å². The Morgan fingerprint density at radius 3 is 2.52 bits per heavy atom. The third kappa shape index (κ3) is 4.45. The maximum Gasteiger partial charge on any atom is 0.413 e. The minimum atomic E-state index is -1.07. The summed E-state index contributed by atoms with van der Waals surface area (Å²) in [5.74, 6) is -3.67. The molecule has 31 heavy (non-hydrogen) atoms. The Kier molecular flexibility index (Phi) is 5.86. The molecule has 1 heterocycles. The van der Waals surface area contributed by atoms with Crippen molar-refractivity contribution in [1.29, 1.82) is 0 Å². The number of hydrogen-bond donors (Lipinski definition) is 5. The molecule has 0 spiro atoms. The first-order valence-electron chi connectivity index (χ1n) is 8.87. The SMILES string of the molecule is CCOC(=O)CNC(=O)Oc1cc(-c2oc3cc(O)cc(O)c3c(=O)c2O)ccc1O. The maximum atomic E-state index is 12.4. The van der Waals surface area contributed by atoms with Crippen molar-refractivity contribution in [3.8, 4) is 40.1 Å². The van der Waals surface area contributed by atoms with Gasteiger partial charge in [0.15, 0.2) is 17.3 Å². The number of aromatic hydroxyl groups is 4. The number of nitrogens with one attached hydrogen (secondary N) is 1. The van der Waals surface area contributed by atoms with Crippen LogP contribution in [0.3, 0.4) is 0 Å². The molecule has 162 valence electrons. The topological polar surface area (TPSA) is 176 Å². The smallest absolute Gasteiger partial charge is 0.413 e. The van der Waals surface area contributed by atoms with Crippen molar-refractivity contribution in [1.82, 2.24) is 5.32 Å². The zero-order valence-corrected chi connectivity index (χ0v) is 16.0. The van der Waals surface area contributed by atoms with E-state index in [2.05, 4.69) is 10.1 Å². The van der Waals surface area contributed by atoms with Crippen LogP contribution >= 0.6 is 0 Å². The van der Waals surface area contributed by atoms with Gasteiger partial charge in [-0.25, -0.2) is 4.79 Å². The number of benzene rings is 2. The molecule has 5 N–H and O–H groups in total. The van der Waals surface area contributed by atoms with Gasteiger partial charge in [-0.05, 0) is 25.1 Å². The van der Waals surface area contributed by atoms with Crippen LogP contribution < -0.4 is 15.5 Å². The molecule has 3 rings (SSSR count). The Hall–Kier alpha value is -4.41. The molecule has 0 bridgehead atoms. The fourth-order valence-corrected chi connectivity index (χ4v) is 2.70. The van der Waals surface area contributed by atoms with Crippen LogP contribution in [0.25, 0.3) is 22.3 Å². The van der Waals surface area contributed by atoms with Crippen molar-refractivity contribution < 1.29 is 43.9 Å². The predicted molar refractivity (Wildman–Crippen MR) is 105 cm³/mol. The molecule has 0 saturated carbocycles. The first kappa shape index (κ1) is 21.3. The third-order valence-electron chi connectivity index (χ3n) is 4.04. The number of rotatable bonds is 5. The van der Waals surface area contributed by atoms with Crippen molar-refractivity contribution in [2.24, 2.45) is 0 Å². The molecule has 2 aromatic carbocycles. The van der Waals surface area contributed by atoms with Gasteiger partial charge in [-0.1, -0.05) is 0 Å². The van der Waals surface area contributed by atoms with Gasteiger partial charge in [0.05, 0.1) is 6.61 Å². The van der Waals surface area contributed by atoms with Crippen LogP contribution in [0.4, 0.5) is 4.79 Å². The number of phenolic OH excluding ortho intramolecular Hbond substituents is 3. The van der Waals surface area contributed by atoms with E-state index in [1.807, 2.05) is 0 Å². The van der Waals surface area contributed by atoms with Crippen LogP contribution in [0.2, 0.25) is 0 Å². The van der Waals surface area contributed by atoms with Crippen LogP contribution in [-0.4, -0.2) is 45.6 Å². The molecule has 1 amide bonds. The minimum Gasteiger partial charge on any atom is -0.508 e. The van der Waals surface area contributed by atoms with E-state index in [-0.39, 0.29) is 40.4 Å². The van der Waals surface area contributed by atoms with Gasteiger partial charge in [-0.2, -0.15) is 0 Å². The molecule has 0 aliphatic carbocycles. The number of carbonyl (C=O) groups excluding carboxylic acids is 2. The van der Waals surface area contributed by atoms with Crippen molar-refractivity contribution in [3.05, 3.63) is 40.6 Å². The van der Waals surface area contributed by atoms with E-state index in [1.54, 1.807) is 6.92 Å². The summed E-state index contributed by atoms with van der Waals surface area (Å²) >= 11 is 0. The number of carbonyl (C=O) groups is 2. The molecular formula is C20H17NO10. The standard InChI is InChI=1S/C20H17NO10/c1-2-29-15(25)8-21-20(28)31-13-5-9(3-4-11(13)23)19-18(27)17(26)16-12(24)6-10(22)7-14(16)30-19/h3-7,22-24,27H,2,8H2,1H3,(H,21,28). The third-order valence-corrected chi connectivity index (χ3v) is 4.04. The highest BCUT2D eigenvalue weighted by Gasteiger charge is 2.20. The number of fused-ring (bicyclic) bond motifs is 1. The van der Waals surface area contributed by atoms with E-state index in [9.17, 15) is 34.8 Å². The lowest BCUT2D eigenvalue weighted by Gasteiger charge is -2.11.